The van der Waals surface area contributed by atoms with Crippen LogP contribution in [0.1, 0.15) is 19.8 Å². The highest BCUT2D eigenvalue weighted by atomic mass is 16.3. The molecule has 2 aromatic rings. The van der Waals surface area contributed by atoms with Crippen molar-refractivity contribution in [2.45, 2.75) is 19.8 Å². The van der Waals surface area contributed by atoms with Gasteiger partial charge in [0.1, 0.15) is 12.1 Å². The zero-order chi connectivity index (χ0) is 13.0. The van der Waals surface area contributed by atoms with Gasteiger partial charge >= 0.3 is 5.69 Å². The van der Waals surface area contributed by atoms with E-state index in [1.165, 1.54) is 10.7 Å². The van der Waals surface area contributed by atoms with Crippen molar-refractivity contribution < 1.29 is 5.11 Å². The van der Waals surface area contributed by atoms with E-state index < -0.39 is 0 Å². The molecule has 0 amide bonds. The molecule has 0 fully saturated rings. The van der Waals surface area contributed by atoms with Gasteiger partial charge in [-0.2, -0.15) is 5.10 Å². The van der Waals surface area contributed by atoms with Crippen molar-refractivity contribution in [2.75, 3.05) is 18.5 Å². The molecule has 0 spiro atoms. The van der Waals surface area contributed by atoms with E-state index in [-0.39, 0.29) is 12.3 Å². The fourth-order valence-electron chi connectivity index (χ4n) is 1.66. The lowest BCUT2D eigenvalue weighted by Crippen LogP contribution is -2.11. The average Bonchev–Trinajstić information content (AvgIpc) is 2.76. The Bertz CT molecular complexity index is 562. The maximum absolute atomic E-state index is 11.2. The molecule has 98 valence electrons. The molecule has 3 N–H and O–H groups in total. The Balaban J connectivity index is 1.90. The Morgan fingerprint density at radius 1 is 1.61 bits per heavy atom. The van der Waals surface area contributed by atoms with Crippen LogP contribution in [0.4, 0.5) is 5.82 Å². The molecule has 0 aliphatic rings. The lowest BCUT2D eigenvalue weighted by Gasteiger charge is -2.08. The lowest BCUT2D eigenvalue weighted by atomic mass is 10.1. The van der Waals surface area contributed by atoms with E-state index >= 15 is 0 Å². The largest absolute Gasteiger partial charge is 0.396 e. The number of nitrogens with zero attached hydrogens (tertiary/aromatic N) is 3. The Labute approximate surface area is 104 Å². The lowest BCUT2D eigenvalue weighted by molar-refractivity contribution is 0.229. The third-order valence-corrected chi connectivity index (χ3v) is 2.80. The maximum Gasteiger partial charge on any atom is 0.348 e. The highest BCUT2D eigenvalue weighted by Crippen LogP contribution is 2.07. The number of hydrogen-bond donors (Lipinski definition) is 3. The first-order valence-corrected chi connectivity index (χ1v) is 5.98. The van der Waals surface area contributed by atoms with E-state index in [9.17, 15) is 4.79 Å². The summed E-state index contributed by atoms with van der Waals surface area (Å²) in [5.74, 6) is 1.02. The van der Waals surface area contributed by atoms with Crippen LogP contribution in [0.5, 0.6) is 0 Å². The first-order valence-electron chi connectivity index (χ1n) is 5.98. The van der Waals surface area contributed by atoms with Crippen LogP contribution in [-0.4, -0.2) is 37.8 Å². The Hall–Kier alpha value is -1.89. The summed E-state index contributed by atoms with van der Waals surface area (Å²) in [5.41, 5.74) is 0.252. The number of aromatic amines is 1. The number of fused-ring (bicyclic) bond motifs is 1. The first kappa shape index (κ1) is 12.6. The van der Waals surface area contributed by atoms with E-state index in [0.29, 0.717) is 17.4 Å². The molecule has 0 radical (unpaired) electrons. The molecule has 2 rings (SSSR count). The van der Waals surface area contributed by atoms with Gasteiger partial charge in [0.2, 0.25) is 0 Å². The van der Waals surface area contributed by atoms with E-state index in [0.717, 1.165) is 19.4 Å². The van der Waals surface area contributed by atoms with E-state index in [1.54, 1.807) is 6.07 Å². The molecule has 1 unspecified atom stereocenters. The normalized spacial score (nSPS) is 12.8. The second-order valence-electron chi connectivity index (χ2n) is 4.39. The Morgan fingerprint density at radius 3 is 3.22 bits per heavy atom. The summed E-state index contributed by atoms with van der Waals surface area (Å²) < 4.78 is 1.35. The predicted octanol–water partition coefficient (Wildman–Crippen LogP) is 0.238. The van der Waals surface area contributed by atoms with E-state index in [4.69, 9.17) is 5.11 Å². The molecule has 0 saturated heterocycles. The number of rotatable bonds is 6. The van der Waals surface area contributed by atoms with Crippen LogP contribution in [0.15, 0.2) is 17.2 Å². The summed E-state index contributed by atoms with van der Waals surface area (Å²) in [6, 6.07) is 1.72. The van der Waals surface area contributed by atoms with Crippen molar-refractivity contribution in [1.82, 2.24) is 19.6 Å². The van der Waals surface area contributed by atoms with Gasteiger partial charge < -0.3 is 10.4 Å². The molecule has 18 heavy (non-hydrogen) atoms. The van der Waals surface area contributed by atoms with Crippen molar-refractivity contribution in [3.63, 3.8) is 0 Å². The van der Waals surface area contributed by atoms with Gasteiger partial charge in [-0.25, -0.2) is 19.3 Å². The SMILES string of the molecule is CC(CO)CCCNc1cc2n[nH]c(=O)n2cn1. The van der Waals surface area contributed by atoms with Gasteiger partial charge in [-0.3, -0.25) is 0 Å². The van der Waals surface area contributed by atoms with Crippen molar-refractivity contribution in [3.05, 3.63) is 22.9 Å². The minimum Gasteiger partial charge on any atom is -0.396 e. The summed E-state index contributed by atoms with van der Waals surface area (Å²) in [6.45, 7) is 3.02. The fourth-order valence-corrected chi connectivity index (χ4v) is 1.66. The van der Waals surface area contributed by atoms with Gasteiger partial charge in [-0.05, 0) is 18.8 Å². The molecule has 0 saturated carbocycles. The minimum atomic E-state index is -0.291. The van der Waals surface area contributed by atoms with Gasteiger partial charge in [-0.1, -0.05) is 6.92 Å². The van der Waals surface area contributed by atoms with Crippen molar-refractivity contribution in [1.29, 1.82) is 0 Å². The van der Waals surface area contributed by atoms with Gasteiger partial charge in [0.05, 0.1) is 0 Å². The predicted molar refractivity (Wildman–Crippen MR) is 67.6 cm³/mol. The van der Waals surface area contributed by atoms with Crippen molar-refractivity contribution in [3.8, 4) is 0 Å². The number of aliphatic hydroxyl groups is 1. The number of aliphatic hydroxyl groups excluding tert-OH is 1. The second-order valence-corrected chi connectivity index (χ2v) is 4.39. The van der Waals surface area contributed by atoms with Gasteiger partial charge in [0.25, 0.3) is 0 Å². The molecule has 0 aromatic carbocycles. The van der Waals surface area contributed by atoms with Crippen molar-refractivity contribution in [2.24, 2.45) is 5.92 Å². The van der Waals surface area contributed by atoms with Crippen LogP contribution < -0.4 is 11.0 Å². The van der Waals surface area contributed by atoms with E-state index in [2.05, 4.69) is 20.5 Å². The van der Waals surface area contributed by atoms with Crippen LogP contribution in [0, 0.1) is 5.92 Å². The van der Waals surface area contributed by atoms with Crippen LogP contribution in [0.2, 0.25) is 0 Å². The molecular formula is C11H17N5O2. The highest BCUT2D eigenvalue weighted by Gasteiger charge is 2.02. The minimum absolute atomic E-state index is 0.223. The van der Waals surface area contributed by atoms with Crippen LogP contribution in [-0.2, 0) is 0 Å². The molecule has 7 nitrogen and oxygen atoms in total. The number of H-pyrrole nitrogens is 1. The Morgan fingerprint density at radius 2 is 2.44 bits per heavy atom. The molecule has 0 bridgehead atoms. The number of anilines is 1. The topological polar surface area (TPSA) is 95.3 Å². The quantitative estimate of drug-likeness (QED) is 0.639. The summed E-state index contributed by atoms with van der Waals surface area (Å²) in [7, 11) is 0. The van der Waals surface area contributed by atoms with Crippen LogP contribution in [0.25, 0.3) is 5.65 Å². The van der Waals surface area contributed by atoms with Crippen LogP contribution >= 0.6 is 0 Å². The van der Waals surface area contributed by atoms with Gasteiger partial charge in [0, 0.05) is 19.2 Å². The number of hydrogen-bond acceptors (Lipinski definition) is 5. The van der Waals surface area contributed by atoms with Gasteiger partial charge in [0.15, 0.2) is 5.65 Å². The number of nitrogens with one attached hydrogen (secondary N) is 2. The highest BCUT2D eigenvalue weighted by molar-refractivity contribution is 5.48. The second kappa shape index (κ2) is 5.63. The summed E-state index contributed by atoms with van der Waals surface area (Å²) in [4.78, 5) is 15.3. The molecule has 0 aliphatic heterocycles. The van der Waals surface area contributed by atoms with Crippen LogP contribution in [0.3, 0.4) is 0 Å². The summed E-state index contributed by atoms with van der Waals surface area (Å²) >= 11 is 0. The fraction of sp³-hybridized carbons (Fsp3) is 0.545. The smallest absolute Gasteiger partial charge is 0.348 e. The van der Waals surface area contributed by atoms with Crippen molar-refractivity contribution >= 4 is 11.5 Å². The number of aromatic nitrogens is 4. The van der Waals surface area contributed by atoms with E-state index in [1.807, 2.05) is 6.92 Å². The Kier molecular flexibility index (Phi) is 3.93. The maximum atomic E-state index is 11.2. The first-order chi connectivity index (χ1) is 8.70. The average molecular weight is 251 g/mol. The van der Waals surface area contributed by atoms with Gasteiger partial charge in [-0.15, -0.1) is 0 Å². The molecular weight excluding hydrogens is 234 g/mol. The molecule has 2 aromatic heterocycles. The zero-order valence-electron chi connectivity index (χ0n) is 10.3. The monoisotopic (exact) mass is 251 g/mol. The summed E-state index contributed by atoms with van der Waals surface area (Å²) in [5, 5.41) is 18.3. The summed E-state index contributed by atoms with van der Waals surface area (Å²) in [6.07, 6.45) is 3.37. The third-order valence-electron chi connectivity index (χ3n) is 2.80. The molecule has 0 aliphatic carbocycles. The molecule has 7 heteroatoms. The zero-order valence-corrected chi connectivity index (χ0v) is 10.3. The molecule has 2 heterocycles. The third kappa shape index (κ3) is 2.86. The standard InChI is InChI=1S/C11H17N5O2/c1-8(6-17)3-2-4-12-9-5-10-14-15-11(18)16(10)7-13-9/h5,7-8,12,17H,2-4,6H2,1H3,(H,15,18). The molecule has 1 atom stereocenters.